The normalized spacial score (nSPS) is 24.6. The molecule has 2 rings (SSSR count). The fourth-order valence-corrected chi connectivity index (χ4v) is 4.50. The first-order chi connectivity index (χ1) is 8.53. The van der Waals surface area contributed by atoms with E-state index in [2.05, 4.69) is 10.0 Å². The Balaban J connectivity index is 2.09. The van der Waals surface area contributed by atoms with E-state index in [1.54, 1.807) is 6.07 Å². The van der Waals surface area contributed by atoms with E-state index in [0.717, 1.165) is 12.0 Å². The zero-order valence-electron chi connectivity index (χ0n) is 10.5. The molecule has 1 aromatic rings. The van der Waals surface area contributed by atoms with Crippen LogP contribution in [-0.4, -0.2) is 34.2 Å². The molecule has 0 amide bonds. The predicted octanol–water partition coefficient (Wildman–Crippen LogP) is 0.923. The summed E-state index contributed by atoms with van der Waals surface area (Å²) in [4.78, 5) is 0. The van der Waals surface area contributed by atoms with Gasteiger partial charge in [-0.2, -0.15) is 0 Å². The fraction of sp³-hybridized carbons (Fsp3) is 0.636. The van der Waals surface area contributed by atoms with Gasteiger partial charge in [0.25, 0.3) is 0 Å². The smallest absolute Gasteiger partial charge is 0.250 e. The molecular formula is C11H18N2O3S2. The van der Waals surface area contributed by atoms with Gasteiger partial charge in [0.15, 0.2) is 0 Å². The highest BCUT2D eigenvalue weighted by atomic mass is 32.2. The summed E-state index contributed by atoms with van der Waals surface area (Å²) in [7, 11) is -1.58. The van der Waals surface area contributed by atoms with Crippen molar-refractivity contribution in [2.75, 3.05) is 13.7 Å². The molecule has 1 aliphatic rings. The minimum atomic E-state index is -3.41. The Morgan fingerprint density at radius 3 is 2.94 bits per heavy atom. The highest BCUT2D eigenvalue weighted by Gasteiger charge is 2.29. The third-order valence-electron chi connectivity index (χ3n) is 2.96. The molecule has 1 aromatic heterocycles. The highest BCUT2D eigenvalue weighted by Crippen LogP contribution is 2.22. The van der Waals surface area contributed by atoms with Crippen LogP contribution in [0, 0.1) is 0 Å². The second-order valence-electron chi connectivity index (χ2n) is 4.40. The van der Waals surface area contributed by atoms with Gasteiger partial charge in [-0.15, -0.1) is 11.3 Å². The first-order valence-electron chi connectivity index (χ1n) is 5.89. The Morgan fingerprint density at radius 2 is 2.33 bits per heavy atom. The number of thiophene rings is 1. The van der Waals surface area contributed by atoms with Crippen LogP contribution in [0.25, 0.3) is 0 Å². The van der Waals surface area contributed by atoms with Crippen LogP contribution in [-0.2, 0) is 21.3 Å². The average molecular weight is 290 g/mol. The van der Waals surface area contributed by atoms with Crippen LogP contribution in [0.4, 0.5) is 0 Å². The Bertz CT molecular complexity index is 498. The van der Waals surface area contributed by atoms with Crippen molar-refractivity contribution in [3.63, 3.8) is 0 Å². The van der Waals surface area contributed by atoms with Crippen LogP contribution in [0.15, 0.2) is 15.7 Å². The molecule has 7 heteroatoms. The van der Waals surface area contributed by atoms with Crippen molar-refractivity contribution in [1.82, 2.24) is 10.0 Å². The number of hydrogen-bond donors (Lipinski definition) is 2. The molecule has 0 aromatic carbocycles. The molecule has 0 saturated carbocycles. The van der Waals surface area contributed by atoms with Crippen molar-refractivity contribution in [3.8, 4) is 0 Å². The third-order valence-corrected chi connectivity index (χ3v) is 5.94. The lowest BCUT2D eigenvalue weighted by Gasteiger charge is -2.15. The molecule has 1 saturated heterocycles. The van der Waals surface area contributed by atoms with E-state index in [-0.39, 0.29) is 12.1 Å². The van der Waals surface area contributed by atoms with E-state index in [4.69, 9.17) is 4.74 Å². The van der Waals surface area contributed by atoms with Gasteiger partial charge in [-0.05, 0) is 37.4 Å². The minimum Gasteiger partial charge on any atom is -0.377 e. The third kappa shape index (κ3) is 3.10. The Hall–Kier alpha value is -0.470. The summed E-state index contributed by atoms with van der Waals surface area (Å²) in [6.07, 6.45) is 0.673. The van der Waals surface area contributed by atoms with Gasteiger partial charge in [0, 0.05) is 13.2 Å². The van der Waals surface area contributed by atoms with Crippen molar-refractivity contribution in [2.24, 2.45) is 0 Å². The van der Waals surface area contributed by atoms with Crippen LogP contribution in [0.5, 0.6) is 0 Å². The molecule has 0 aliphatic carbocycles. The van der Waals surface area contributed by atoms with Crippen LogP contribution >= 0.6 is 11.3 Å². The molecule has 2 heterocycles. The van der Waals surface area contributed by atoms with E-state index in [0.29, 0.717) is 17.4 Å². The van der Waals surface area contributed by atoms with E-state index >= 15 is 0 Å². The lowest BCUT2D eigenvalue weighted by Crippen LogP contribution is -2.38. The maximum Gasteiger partial charge on any atom is 0.250 e. The number of nitrogens with one attached hydrogen (secondary N) is 2. The van der Waals surface area contributed by atoms with Crippen molar-refractivity contribution < 1.29 is 13.2 Å². The van der Waals surface area contributed by atoms with Gasteiger partial charge in [-0.25, -0.2) is 13.1 Å². The second-order valence-corrected chi connectivity index (χ2v) is 7.25. The van der Waals surface area contributed by atoms with Gasteiger partial charge in [0.1, 0.15) is 4.21 Å². The summed E-state index contributed by atoms with van der Waals surface area (Å²) in [6, 6.07) is 1.59. The monoisotopic (exact) mass is 290 g/mol. The number of sulfonamides is 1. The standard InChI is InChI=1S/C11H18N2O3S2/c1-8-10(3-4-16-8)13-18(14,15)11-5-9(6-12-2)7-17-11/h5,7-8,10,12-13H,3-4,6H2,1-2H3. The summed E-state index contributed by atoms with van der Waals surface area (Å²) in [5, 5.41) is 4.86. The first kappa shape index (κ1) is 14.0. The maximum absolute atomic E-state index is 12.2. The fourth-order valence-electron chi connectivity index (χ4n) is 1.93. The van der Waals surface area contributed by atoms with Gasteiger partial charge in [0.2, 0.25) is 10.0 Å². The van der Waals surface area contributed by atoms with Crippen LogP contribution in [0.1, 0.15) is 18.9 Å². The van der Waals surface area contributed by atoms with Gasteiger partial charge in [-0.3, -0.25) is 0 Å². The molecule has 5 nitrogen and oxygen atoms in total. The van der Waals surface area contributed by atoms with Crippen LogP contribution in [0.2, 0.25) is 0 Å². The number of rotatable bonds is 5. The molecule has 102 valence electrons. The molecule has 0 bridgehead atoms. The van der Waals surface area contributed by atoms with Crippen molar-refractivity contribution in [3.05, 3.63) is 17.0 Å². The van der Waals surface area contributed by atoms with Crippen molar-refractivity contribution >= 4 is 21.4 Å². The van der Waals surface area contributed by atoms with Gasteiger partial charge in [-0.1, -0.05) is 0 Å². The topological polar surface area (TPSA) is 67.4 Å². The second kappa shape index (κ2) is 5.66. The Labute approximate surface area is 112 Å². The minimum absolute atomic E-state index is 0.0588. The molecule has 1 fully saturated rings. The maximum atomic E-state index is 12.2. The largest absolute Gasteiger partial charge is 0.377 e. The summed E-state index contributed by atoms with van der Waals surface area (Å²) < 4.78 is 32.8. The SMILES string of the molecule is CNCc1csc(S(=O)(=O)NC2CCOC2C)c1. The van der Waals surface area contributed by atoms with Crippen LogP contribution in [0.3, 0.4) is 0 Å². The van der Waals surface area contributed by atoms with Crippen molar-refractivity contribution in [2.45, 2.75) is 36.2 Å². The van der Waals surface area contributed by atoms with Gasteiger partial charge >= 0.3 is 0 Å². The molecule has 2 unspecified atom stereocenters. The number of ether oxygens (including phenoxy) is 1. The molecule has 2 atom stereocenters. The van der Waals surface area contributed by atoms with E-state index in [9.17, 15) is 8.42 Å². The van der Waals surface area contributed by atoms with Crippen LogP contribution < -0.4 is 10.0 Å². The lowest BCUT2D eigenvalue weighted by atomic mass is 10.2. The molecular weight excluding hydrogens is 272 g/mol. The molecule has 2 N–H and O–H groups in total. The zero-order valence-corrected chi connectivity index (χ0v) is 12.1. The van der Waals surface area contributed by atoms with E-state index < -0.39 is 10.0 Å². The Kier molecular flexibility index (Phi) is 4.39. The highest BCUT2D eigenvalue weighted by molar-refractivity contribution is 7.91. The quantitative estimate of drug-likeness (QED) is 0.846. The summed E-state index contributed by atoms with van der Waals surface area (Å²) in [5.74, 6) is 0. The summed E-state index contributed by atoms with van der Waals surface area (Å²) >= 11 is 1.25. The average Bonchev–Trinajstić information content (AvgIpc) is 2.90. The van der Waals surface area contributed by atoms with Crippen molar-refractivity contribution in [1.29, 1.82) is 0 Å². The molecule has 0 radical (unpaired) electrons. The lowest BCUT2D eigenvalue weighted by molar-refractivity contribution is 0.117. The summed E-state index contributed by atoms with van der Waals surface area (Å²) in [6.45, 7) is 3.18. The van der Waals surface area contributed by atoms with E-state index in [1.807, 2.05) is 19.4 Å². The predicted molar refractivity (Wildman–Crippen MR) is 71.2 cm³/mol. The molecule has 0 spiro atoms. The van der Waals surface area contributed by atoms with E-state index in [1.165, 1.54) is 11.3 Å². The first-order valence-corrected chi connectivity index (χ1v) is 8.25. The van der Waals surface area contributed by atoms with Gasteiger partial charge in [0.05, 0.1) is 12.1 Å². The van der Waals surface area contributed by atoms with Gasteiger partial charge < -0.3 is 10.1 Å². The Morgan fingerprint density at radius 1 is 1.56 bits per heavy atom. The zero-order chi connectivity index (χ0) is 13.2. The molecule has 18 heavy (non-hydrogen) atoms. The number of hydrogen-bond acceptors (Lipinski definition) is 5. The molecule has 1 aliphatic heterocycles. The summed E-state index contributed by atoms with van der Waals surface area (Å²) in [5.41, 5.74) is 0.985.